The van der Waals surface area contributed by atoms with Gasteiger partial charge in [0.15, 0.2) is 0 Å². The highest BCUT2D eigenvalue weighted by Crippen LogP contribution is 2.54. The zero-order valence-corrected chi connectivity index (χ0v) is 9.37. The third kappa shape index (κ3) is 1.50. The molecule has 1 N–H and O–H groups in total. The smallest absolute Gasteiger partial charge is 0.304 e. The molecule has 18 heavy (non-hydrogen) atoms. The fraction of sp³-hybridized carbons (Fsp3) is 0.308. The quantitative estimate of drug-likeness (QED) is 0.912. The minimum Gasteiger partial charge on any atom is -0.481 e. The molecule has 3 rings (SSSR count). The van der Waals surface area contributed by atoms with Gasteiger partial charge in [0.1, 0.15) is 17.2 Å². The van der Waals surface area contributed by atoms with Crippen LogP contribution < -0.4 is 0 Å². The molecule has 0 amide bonds. The number of hydrogen-bond acceptors (Lipinski definition) is 2. The van der Waals surface area contributed by atoms with E-state index in [1.54, 1.807) is 0 Å². The van der Waals surface area contributed by atoms with E-state index in [9.17, 15) is 13.6 Å². The van der Waals surface area contributed by atoms with Crippen molar-refractivity contribution in [1.29, 1.82) is 0 Å². The Morgan fingerprint density at radius 3 is 2.72 bits per heavy atom. The summed E-state index contributed by atoms with van der Waals surface area (Å²) in [5.41, 5.74) is -0.405. The average molecular weight is 252 g/mol. The molecule has 0 spiro atoms. The van der Waals surface area contributed by atoms with Gasteiger partial charge in [0.2, 0.25) is 0 Å². The van der Waals surface area contributed by atoms with Crippen LogP contribution >= 0.6 is 0 Å². The van der Waals surface area contributed by atoms with Crippen molar-refractivity contribution in [1.82, 2.24) is 0 Å². The van der Waals surface area contributed by atoms with Gasteiger partial charge in [-0.15, -0.1) is 0 Å². The van der Waals surface area contributed by atoms with Gasteiger partial charge in [-0.05, 0) is 18.9 Å². The first-order valence-electron chi connectivity index (χ1n) is 5.61. The van der Waals surface area contributed by atoms with Gasteiger partial charge in [0, 0.05) is 17.0 Å². The minimum atomic E-state index is -0.990. The summed E-state index contributed by atoms with van der Waals surface area (Å²) in [5, 5.41) is 9.09. The second-order valence-corrected chi connectivity index (χ2v) is 4.73. The van der Waals surface area contributed by atoms with Crippen LogP contribution in [-0.2, 0) is 10.2 Å². The summed E-state index contributed by atoms with van der Waals surface area (Å²) in [6.07, 6.45) is 2.29. The van der Waals surface area contributed by atoms with Gasteiger partial charge >= 0.3 is 5.97 Å². The number of hydrogen-bond donors (Lipinski definition) is 1. The van der Waals surface area contributed by atoms with Crippen LogP contribution in [0.4, 0.5) is 8.78 Å². The maximum atomic E-state index is 14.0. The molecular formula is C13H10F2O3. The molecule has 0 saturated heterocycles. The van der Waals surface area contributed by atoms with E-state index in [2.05, 4.69) is 0 Å². The molecule has 1 aromatic heterocycles. The second kappa shape index (κ2) is 3.54. The van der Waals surface area contributed by atoms with Crippen molar-refractivity contribution in [2.75, 3.05) is 0 Å². The first kappa shape index (κ1) is 11.2. The molecular weight excluding hydrogens is 242 g/mol. The summed E-state index contributed by atoms with van der Waals surface area (Å²) in [7, 11) is 0. The summed E-state index contributed by atoms with van der Waals surface area (Å²) in [6.45, 7) is 0. The Morgan fingerprint density at radius 2 is 2.11 bits per heavy atom. The molecule has 1 aliphatic rings. The number of carboxylic acid groups (broad SMARTS) is 1. The van der Waals surface area contributed by atoms with E-state index in [4.69, 9.17) is 9.52 Å². The fourth-order valence-electron chi connectivity index (χ4n) is 2.51. The lowest BCUT2D eigenvalue weighted by Gasteiger charge is -2.14. The molecule has 0 bridgehead atoms. The molecule has 0 radical (unpaired) electrons. The van der Waals surface area contributed by atoms with Crippen molar-refractivity contribution in [3.8, 4) is 0 Å². The third-order valence-electron chi connectivity index (χ3n) is 3.52. The molecule has 0 aliphatic heterocycles. The van der Waals surface area contributed by atoms with Crippen molar-refractivity contribution in [2.45, 2.75) is 24.7 Å². The first-order valence-corrected chi connectivity index (χ1v) is 5.61. The summed E-state index contributed by atoms with van der Waals surface area (Å²) < 4.78 is 32.6. The number of carbonyl (C=O) groups is 1. The first-order chi connectivity index (χ1) is 8.53. The highest BCUT2D eigenvalue weighted by Gasteiger charge is 2.49. The Bertz CT molecular complexity index is 641. The molecule has 94 valence electrons. The van der Waals surface area contributed by atoms with Gasteiger partial charge in [-0.3, -0.25) is 4.79 Å². The largest absolute Gasteiger partial charge is 0.481 e. The molecule has 3 nitrogen and oxygen atoms in total. The van der Waals surface area contributed by atoms with Crippen molar-refractivity contribution in [3.63, 3.8) is 0 Å². The van der Waals surface area contributed by atoms with Crippen LogP contribution in [0.15, 0.2) is 22.8 Å². The molecule has 1 aromatic carbocycles. The van der Waals surface area contributed by atoms with Crippen LogP contribution in [0.25, 0.3) is 11.0 Å². The van der Waals surface area contributed by atoms with Gasteiger partial charge in [-0.1, -0.05) is 0 Å². The Balaban J connectivity index is 2.23. The standard InChI is InChI=1S/C13H10F2O3/c14-8-5-9(15)11(12-7(8)1-4-18-12)13(2-3-13)6-10(16)17/h1,4-5H,2-3,6H2,(H,16,17). The van der Waals surface area contributed by atoms with Crippen LogP contribution in [-0.4, -0.2) is 11.1 Å². The monoisotopic (exact) mass is 252 g/mol. The van der Waals surface area contributed by atoms with Crippen molar-refractivity contribution in [2.24, 2.45) is 0 Å². The average Bonchev–Trinajstić information content (AvgIpc) is 2.86. The molecule has 2 aromatic rings. The highest BCUT2D eigenvalue weighted by molar-refractivity contribution is 5.84. The van der Waals surface area contributed by atoms with Crippen molar-refractivity contribution in [3.05, 3.63) is 35.6 Å². The van der Waals surface area contributed by atoms with E-state index in [1.807, 2.05) is 0 Å². The second-order valence-electron chi connectivity index (χ2n) is 4.73. The number of benzene rings is 1. The normalized spacial score (nSPS) is 17.0. The van der Waals surface area contributed by atoms with E-state index in [0.29, 0.717) is 12.8 Å². The number of fused-ring (bicyclic) bond motifs is 1. The van der Waals surface area contributed by atoms with Crippen molar-refractivity contribution < 1.29 is 23.1 Å². The zero-order chi connectivity index (χ0) is 12.9. The van der Waals surface area contributed by atoms with Crippen LogP contribution in [0.3, 0.4) is 0 Å². The summed E-state index contributed by atoms with van der Waals surface area (Å²) in [4.78, 5) is 10.9. The van der Waals surface area contributed by atoms with Crippen LogP contribution in [0.2, 0.25) is 0 Å². The molecule has 1 saturated carbocycles. The van der Waals surface area contributed by atoms with Crippen LogP contribution in [0.5, 0.6) is 0 Å². The predicted octanol–water partition coefficient (Wildman–Crippen LogP) is 3.22. The summed E-state index contributed by atoms with van der Waals surface area (Å²) in [5.74, 6) is -2.41. The lowest BCUT2D eigenvalue weighted by molar-refractivity contribution is -0.137. The maximum absolute atomic E-state index is 14.0. The number of aliphatic carboxylic acids is 1. The molecule has 0 atom stereocenters. The number of carboxylic acids is 1. The number of rotatable bonds is 3. The van der Waals surface area contributed by atoms with Gasteiger partial charge in [-0.2, -0.15) is 0 Å². The fourth-order valence-corrected chi connectivity index (χ4v) is 2.51. The van der Waals surface area contributed by atoms with Gasteiger partial charge in [-0.25, -0.2) is 8.78 Å². The van der Waals surface area contributed by atoms with Crippen LogP contribution in [0, 0.1) is 11.6 Å². The van der Waals surface area contributed by atoms with Gasteiger partial charge in [0.05, 0.1) is 18.1 Å². The van der Waals surface area contributed by atoms with E-state index >= 15 is 0 Å². The number of halogens is 2. The SMILES string of the molecule is O=C(O)CC1(c2c(F)cc(F)c3ccoc23)CC1. The predicted molar refractivity (Wildman–Crippen MR) is 59.3 cm³/mol. The molecule has 1 heterocycles. The van der Waals surface area contributed by atoms with Gasteiger partial charge < -0.3 is 9.52 Å². The molecule has 1 aliphatic carbocycles. The third-order valence-corrected chi connectivity index (χ3v) is 3.52. The Kier molecular flexibility index (Phi) is 2.20. The highest BCUT2D eigenvalue weighted by atomic mass is 19.1. The Hall–Kier alpha value is -1.91. The van der Waals surface area contributed by atoms with Crippen LogP contribution in [0.1, 0.15) is 24.8 Å². The lowest BCUT2D eigenvalue weighted by Crippen LogP contribution is -2.15. The molecule has 0 unspecified atom stereocenters. The van der Waals surface area contributed by atoms with Crippen molar-refractivity contribution >= 4 is 16.9 Å². The molecule has 1 fully saturated rings. The van der Waals surface area contributed by atoms with Gasteiger partial charge in [0.25, 0.3) is 0 Å². The Morgan fingerprint density at radius 1 is 1.39 bits per heavy atom. The lowest BCUT2D eigenvalue weighted by atomic mass is 9.90. The summed E-state index contributed by atoms with van der Waals surface area (Å²) in [6, 6.07) is 2.22. The topological polar surface area (TPSA) is 50.4 Å². The molecule has 5 heteroatoms. The van der Waals surface area contributed by atoms with E-state index < -0.39 is 23.0 Å². The number of furan rings is 1. The maximum Gasteiger partial charge on any atom is 0.304 e. The van der Waals surface area contributed by atoms with E-state index in [0.717, 1.165) is 6.07 Å². The van der Waals surface area contributed by atoms with E-state index in [1.165, 1.54) is 12.3 Å². The summed E-state index contributed by atoms with van der Waals surface area (Å²) >= 11 is 0. The van der Waals surface area contributed by atoms with E-state index in [-0.39, 0.29) is 23.0 Å². The minimum absolute atomic E-state index is 0.131. The Labute approximate surface area is 101 Å². The zero-order valence-electron chi connectivity index (χ0n) is 9.37.